The fourth-order valence-electron chi connectivity index (χ4n) is 1.73. The Morgan fingerprint density at radius 2 is 2.11 bits per heavy atom. The summed E-state index contributed by atoms with van der Waals surface area (Å²) in [5, 5.41) is 7.92. The van der Waals surface area contributed by atoms with E-state index in [2.05, 4.69) is 17.2 Å². The Morgan fingerprint density at radius 3 is 2.72 bits per heavy atom. The molecule has 1 rings (SSSR count). The van der Waals surface area contributed by atoms with Gasteiger partial charge in [-0.1, -0.05) is 25.0 Å². The lowest BCUT2D eigenvalue weighted by molar-refractivity contribution is 0.0592. The highest BCUT2D eigenvalue weighted by Gasteiger charge is 2.19. The van der Waals surface area contributed by atoms with Gasteiger partial charge in [-0.05, 0) is 6.42 Å². The van der Waals surface area contributed by atoms with Crippen molar-refractivity contribution in [3.8, 4) is 0 Å². The van der Waals surface area contributed by atoms with Crippen LogP contribution in [0.25, 0.3) is 0 Å². The highest BCUT2D eigenvalue weighted by Crippen LogP contribution is 2.10. The molecule has 0 unspecified atom stereocenters. The van der Waals surface area contributed by atoms with Crippen molar-refractivity contribution in [3.63, 3.8) is 0 Å². The van der Waals surface area contributed by atoms with Crippen LogP contribution in [0.4, 0.5) is 0 Å². The Bertz CT molecular complexity index is 377. The van der Waals surface area contributed by atoms with Gasteiger partial charge in [0.05, 0.1) is 19.4 Å². The molecule has 0 aliphatic heterocycles. The number of nitrogens with zero attached hydrogens (tertiary/aromatic N) is 3. The summed E-state index contributed by atoms with van der Waals surface area (Å²) >= 11 is 0. The molecule has 6 nitrogen and oxygen atoms in total. The number of hydrogen-bond acceptors (Lipinski definition) is 5. The molecule has 1 aromatic heterocycles. The van der Waals surface area contributed by atoms with Gasteiger partial charge in [0.15, 0.2) is 5.69 Å². The number of unbranched alkanes of at least 4 members (excludes halogenated alkanes) is 2. The highest BCUT2D eigenvalue weighted by atomic mass is 16.5. The molecule has 0 spiro atoms. The minimum atomic E-state index is -0.442. The number of ether oxygens (including phenoxy) is 2. The molecule has 0 bridgehead atoms. The van der Waals surface area contributed by atoms with Gasteiger partial charge in [0.2, 0.25) is 0 Å². The first kappa shape index (κ1) is 14.6. The largest absolute Gasteiger partial charge is 0.464 e. The van der Waals surface area contributed by atoms with Gasteiger partial charge < -0.3 is 9.47 Å². The second kappa shape index (κ2) is 7.81. The number of hydrogen-bond donors (Lipinski definition) is 0. The van der Waals surface area contributed by atoms with Crippen LogP contribution >= 0.6 is 0 Å². The van der Waals surface area contributed by atoms with Crippen molar-refractivity contribution < 1.29 is 14.3 Å². The zero-order valence-corrected chi connectivity index (χ0v) is 11.3. The van der Waals surface area contributed by atoms with Gasteiger partial charge in [0.1, 0.15) is 0 Å². The van der Waals surface area contributed by atoms with Gasteiger partial charge in [-0.3, -0.25) is 0 Å². The van der Waals surface area contributed by atoms with Crippen LogP contribution in [0.1, 0.15) is 42.4 Å². The van der Waals surface area contributed by atoms with E-state index in [1.54, 1.807) is 11.8 Å². The summed E-state index contributed by atoms with van der Waals surface area (Å²) in [4.78, 5) is 11.6. The first-order valence-corrected chi connectivity index (χ1v) is 6.24. The molecule has 0 atom stereocenters. The van der Waals surface area contributed by atoms with Crippen LogP contribution in [0.5, 0.6) is 0 Å². The highest BCUT2D eigenvalue weighted by molar-refractivity contribution is 5.88. The van der Waals surface area contributed by atoms with Crippen LogP contribution in [0, 0.1) is 0 Å². The van der Waals surface area contributed by atoms with E-state index in [0.717, 1.165) is 31.5 Å². The topological polar surface area (TPSA) is 66.2 Å². The van der Waals surface area contributed by atoms with Crippen molar-refractivity contribution in [2.75, 3.05) is 20.8 Å². The van der Waals surface area contributed by atoms with Gasteiger partial charge in [0.25, 0.3) is 0 Å². The number of carbonyl (C=O) groups is 1. The molecule has 0 amide bonds. The zero-order chi connectivity index (χ0) is 13.4. The summed E-state index contributed by atoms with van der Waals surface area (Å²) in [6.45, 7) is 3.45. The SMILES string of the molecule is CCCCCn1nnc(C(=O)OC)c1CCOC. The second-order valence-electron chi connectivity index (χ2n) is 4.05. The maximum absolute atomic E-state index is 11.6. The molecular formula is C12H21N3O3. The molecule has 1 heterocycles. The molecule has 0 aliphatic rings. The summed E-state index contributed by atoms with van der Waals surface area (Å²) in [5.74, 6) is -0.442. The van der Waals surface area contributed by atoms with Crippen LogP contribution in [0.3, 0.4) is 0 Å². The van der Waals surface area contributed by atoms with Crippen molar-refractivity contribution in [2.45, 2.75) is 39.2 Å². The lowest BCUT2D eigenvalue weighted by atomic mass is 10.2. The summed E-state index contributed by atoms with van der Waals surface area (Å²) < 4.78 is 11.5. The fourth-order valence-corrected chi connectivity index (χ4v) is 1.73. The zero-order valence-electron chi connectivity index (χ0n) is 11.3. The van der Waals surface area contributed by atoms with Gasteiger partial charge >= 0.3 is 5.97 Å². The minimum Gasteiger partial charge on any atom is -0.464 e. The Morgan fingerprint density at radius 1 is 1.33 bits per heavy atom. The van der Waals surface area contributed by atoms with E-state index in [0.29, 0.717) is 18.7 Å². The van der Waals surface area contributed by atoms with E-state index in [-0.39, 0.29) is 0 Å². The normalized spacial score (nSPS) is 10.6. The number of rotatable bonds is 8. The number of esters is 1. The first-order valence-electron chi connectivity index (χ1n) is 6.24. The van der Waals surface area contributed by atoms with Crippen molar-refractivity contribution >= 4 is 5.97 Å². The molecule has 6 heteroatoms. The van der Waals surface area contributed by atoms with E-state index >= 15 is 0 Å². The third-order valence-corrected chi connectivity index (χ3v) is 2.73. The van der Waals surface area contributed by atoms with Crippen molar-refractivity contribution in [3.05, 3.63) is 11.4 Å². The minimum absolute atomic E-state index is 0.297. The van der Waals surface area contributed by atoms with Crippen LogP contribution < -0.4 is 0 Å². The molecule has 0 saturated heterocycles. The van der Waals surface area contributed by atoms with E-state index in [1.165, 1.54) is 7.11 Å². The Labute approximate surface area is 107 Å². The molecule has 0 aromatic carbocycles. The monoisotopic (exact) mass is 255 g/mol. The predicted octanol–water partition coefficient (Wildman–Crippen LogP) is 1.44. The van der Waals surface area contributed by atoms with Crippen LogP contribution in [0.2, 0.25) is 0 Å². The van der Waals surface area contributed by atoms with Gasteiger partial charge in [-0.25, -0.2) is 9.48 Å². The molecule has 0 saturated carbocycles. The van der Waals surface area contributed by atoms with Crippen LogP contribution in [-0.4, -0.2) is 41.8 Å². The van der Waals surface area contributed by atoms with Gasteiger partial charge in [0, 0.05) is 20.1 Å². The average Bonchev–Trinajstić information content (AvgIpc) is 2.79. The third-order valence-electron chi connectivity index (χ3n) is 2.73. The molecular weight excluding hydrogens is 234 g/mol. The number of aromatic nitrogens is 3. The van der Waals surface area contributed by atoms with Gasteiger partial charge in [-0.15, -0.1) is 5.10 Å². The average molecular weight is 255 g/mol. The van der Waals surface area contributed by atoms with Crippen molar-refractivity contribution in [1.82, 2.24) is 15.0 Å². The number of methoxy groups -OCH3 is 2. The Hall–Kier alpha value is -1.43. The molecule has 0 fully saturated rings. The maximum Gasteiger partial charge on any atom is 0.360 e. The summed E-state index contributed by atoms with van der Waals surface area (Å²) in [5.41, 5.74) is 1.09. The van der Waals surface area contributed by atoms with Crippen molar-refractivity contribution in [1.29, 1.82) is 0 Å². The standard InChI is InChI=1S/C12H21N3O3/c1-4-5-6-8-15-10(7-9-17-2)11(13-14-15)12(16)18-3/h4-9H2,1-3H3. The fraction of sp³-hybridized carbons (Fsp3) is 0.750. The van der Waals surface area contributed by atoms with E-state index in [1.807, 2.05) is 0 Å². The summed E-state index contributed by atoms with van der Waals surface area (Å²) in [6.07, 6.45) is 3.92. The van der Waals surface area contributed by atoms with Crippen LogP contribution in [-0.2, 0) is 22.4 Å². The predicted molar refractivity (Wildman–Crippen MR) is 66.5 cm³/mol. The van der Waals surface area contributed by atoms with E-state index in [4.69, 9.17) is 9.47 Å². The molecule has 1 aromatic rings. The molecule has 102 valence electrons. The lowest BCUT2D eigenvalue weighted by Crippen LogP contribution is -2.12. The number of aryl methyl sites for hydroxylation is 1. The molecule has 0 N–H and O–H groups in total. The van der Waals surface area contributed by atoms with Gasteiger partial charge in [-0.2, -0.15) is 0 Å². The molecule has 0 radical (unpaired) electrons. The Kier molecular flexibility index (Phi) is 6.35. The summed E-state index contributed by atoms with van der Waals surface area (Å²) in [7, 11) is 2.97. The quantitative estimate of drug-likeness (QED) is 0.519. The van der Waals surface area contributed by atoms with E-state index < -0.39 is 5.97 Å². The van der Waals surface area contributed by atoms with E-state index in [9.17, 15) is 4.79 Å². The second-order valence-corrected chi connectivity index (χ2v) is 4.05. The molecule has 18 heavy (non-hydrogen) atoms. The Balaban J connectivity index is 2.81. The first-order chi connectivity index (χ1) is 8.74. The third kappa shape index (κ3) is 3.80. The lowest BCUT2D eigenvalue weighted by Gasteiger charge is -2.06. The molecule has 0 aliphatic carbocycles. The van der Waals surface area contributed by atoms with Crippen molar-refractivity contribution in [2.24, 2.45) is 0 Å². The maximum atomic E-state index is 11.6. The summed E-state index contributed by atoms with van der Waals surface area (Å²) in [6, 6.07) is 0. The number of carbonyl (C=O) groups excluding carboxylic acids is 1. The van der Waals surface area contributed by atoms with Crippen LogP contribution in [0.15, 0.2) is 0 Å². The smallest absolute Gasteiger partial charge is 0.360 e.